The van der Waals surface area contributed by atoms with Gasteiger partial charge in [-0.1, -0.05) is 42.5 Å². The van der Waals surface area contributed by atoms with Gasteiger partial charge in [-0.2, -0.15) is 0 Å². The minimum absolute atomic E-state index is 0.195. The van der Waals surface area contributed by atoms with Crippen molar-refractivity contribution in [2.24, 2.45) is 4.99 Å². The molecule has 0 unspecified atom stereocenters. The predicted molar refractivity (Wildman–Crippen MR) is 95.6 cm³/mol. The summed E-state index contributed by atoms with van der Waals surface area (Å²) in [7, 11) is -3.50. The summed E-state index contributed by atoms with van der Waals surface area (Å²) in [5, 5.41) is 9.36. The molecule has 0 saturated carbocycles. The topological polar surface area (TPSA) is 68.1 Å². The Labute approximate surface area is 142 Å². The quantitative estimate of drug-likeness (QED) is 0.559. The van der Waals surface area contributed by atoms with Crippen molar-refractivity contribution in [1.29, 1.82) is 0 Å². The summed E-state index contributed by atoms with van der Waals surface area (Å²) in [6.07, 6.45) is 0. The van der Waals surface area contributed by atoms with E-state index in [0.717, 1.165) is 5.56 Å². The predicted octanol–water partition coefficient (Wildman–Crippen LogP) is 4.61. The van der Waals surface area contributed by atoms with E-state index in [1.165, 1.54) is 0 Å². The van der Waals surface area contributed by atoms with Gasteiger partial charge in [-0.15, -0.1) is 0 Å². The van der Waals surface area contributed by atoms with Crippen molar-refractivity contribution in [2.45, 2.75) is 20.4 Å². The summed E-state index contributed by atoms with van der Waals surface area (Å²) in [6.45, 7) is 4.39. The van der Waals surface area contributed by atoms with Gasteiger partial charge in [-0.05, 0) is 31.5 Å². The molecule has 0 radical (unpaired) electrons. The van der Waals surface area contributed by atoms with E-state index in [2.05, 4.69) is 4.99 Å². The Kier molecular flexibility index (Phi) is 6.73. The van der Waals surface area contributed by atoms with Gasteiger partial charge in [0.1, 0.15) is 5.75 Å². The van der Waals surface area contributed by atoms with Crippen molar-refractivity contribution in [2.75, 3.05) is 13.2 Å². The fraction of sp³-hybridized carbons (Fsp3) is 0.278. The second-order valence-corrected chi connectivity index (χ2v) is 6.94. The number of aliphatic imine (C=N–C) groups is 1. The van der Waals surface area contributed by atoms with Crippen LogP contribution >= 0.6 is 7.60 Å². The average molecular weight is 347 g/mol. The molecule has 2 rings (SSSR count). The van der Waals surface area contributed by atoms with Crippen LogP contribution in [0, 0.1) is 0 Å². The van der Waals surface area contributed by atoms with Gasteiger partial charge in [0.25, 0.3) is 0 Å². The molecule has 2 aromatic carbocycles. The molecule has 0 bridgehead atoms. The molecule has 24 heavy (non-hydrogen) atoms. The van der Waals surface area contributed by atoms with Crippen LogP contribution < -0.4 is 0 Å². The molecule has 1 N–H and O–H groups in total. The number of benzene rings is 2. The van der Waals surface area contributed by atoms with E-state index < -0.39 is 7.60 Å². The van der Waals surface area contributed by atoms with Gasteiger partial charge in [0, 0.05) is 5.56 Å². The minimum Gasteiger partial charge on any atom is -0.508 e. The third-order valence-electron chi connectivity index (χ3n) is 3.24. The molecule has 2 aromatic rings. The van der Waals surface area contributed by atoms with Crippen LogP contribution in [0.5, 0.6) is 5.75 Å². The zero-order chi connectivity index (χ0) is 17.4. The highest BCUT2D eigenvalue weighted by Gasteiger charge is 2.32. The minimum atomic E-state index is -3.50. The van der Waals surface area contributed by atoms with Crippen molar-refractivity contribution in [1.82, 2.24) is 0 Å². The summed E-state index contributed by atoms with van der Waals surface area (Å²) < 4.78 is 24.1. The third kappa shape index (κ3) is 4.78. The van der Waals surface area contributed by atoms with Crippen molar-refractivity contribution < 1.29 is 18.7 Å². The SMILES string of the molecule is CCOP(=O)(OCC)C(=NCc1ccc(O)cc1)c1ccccc1. The van der Waals surface area contributed by atoms with E-state index in [9.17, 15) is 9.67 Å². The molecular weight excluding hydrogens is 325 g/mol. The fourth-order valence-electron chi connectivity index (χ4n) is 2.19. The smallest absolute Gasteiger partial charge is 0.379 e. The Balaban J connectivity index is 2.40. The van der Waals surface area contributed by atoms with Crippen LogP contribution in [0.3, 0.4) is 0 Å². The molecule has 0 amide bonds. The lowest BCUT2D eigenvalue weighted by Gasteiger charge is -2.19. The Morgan fingerprint density at radius 3 is 2.12 bits per heavy atom. The number of hydrogen-bond donors (Lipinski definition) is 1. The van der Waals surface area contributed by atoms with E-state index in [-0.39, 0.29) is 19.0 Å². The van der Waals surface area contributed by atoms with Crippen molar-refractivity contribution in [3.8, 4) is 5.75 Å². The van der Waals surface area contributed by atoms with Crippen LogP contribution in [0.1, 0.15) is 25.0 Å². The number of hydrogen-bond acceptors (Lipinski definition) is 5. The lowest BCUT2D eigenvalue weighted by Crippen LogP contribution is -2.09. The van der Waals surface area contributed by atoms with E-state index in [1.807, 2.05) is 30.3 Å². The first-order valence-electron chi connectivity index (χ1n) is 7.86. The van der Waals surface area contributed by atoms with Crippen molar-refractivity contribution >= 4 is 13.0 Å². The van der Waals surface area contributed by atoms with Gasteiger partial charge >= 0.3 is 7.60 Å². The molecule has 0 spiro atoms. The van der Waals surface area contributed by atoms with Crippen LogP contribution in [0.2, 0.25) is 0 Å². The molecule has 6 heteroatoms. The van der Waals surface area contributed by atoms with Gasteiger partial charge in [0.2, 0.25) is 0 Å². The molecule has 0 heterocycles. The number of nitrogens with zero attached hydrogens (tertiary/aromatic N) is 1. The second-order valence-electron chi connectivity index (χ2n) is 5.01. The maximum Gasteiger partial charge on any atom is 0.379 e. The first kappa shape index (κ1) is 18.4. The summed E-state index contributed by atoms with van der Waals surface area (Å²) >= 11 is 0. The average Bonchev–Trinajstić information content (AvgIpc) is 2.58. The Bertz CT molecular complexity index is 704. The third-order valence-corrected chi connectivity index (χ3v) is 5.35. The Morgan fingerprint density at radius 1 is 1.00 bits per heavy atom. The Morgan fingerprint density at radius 2 is 1.58 bits per heavy atom. The summed E-state index contributed by atoms with van der Waals surface area (Å²) in [6, 6.07) is 16.0. The van der Waals surface area contributed by atoms with E-state index >= 15 is 0 Å². The largest absolute Gasteiger partial charge is 0.508 e. The monoisotopic (exact) mass is 347 g/mol. The normalized spacial score (nSPS) is 12.3. The number of phenolic OH excluding ortho intramolecular Hbond substituents is 1. The molecule has 0 atom stereocenters. The Hall–Kier alpha value is -1.94. The van der Waals surface area contributed by atoms with E-state index in [0.29, 0.717) is 17.6 Å². The zero-order valence-electron chi connectivity index (χ0n) is 13.9. The maximum atomic E-state index is 13.2. The van der Waals surface area contributed by atoms with Crippen LogP contribution in [-0.2, 0) is 20.2 Å². The molecule has 5 nitrogen and oxygen atoms in total. The lowest BCUT2D eigenvalue weighted by molar-refractivity contribution is 0.232. The van der Waals surface area contributed by atoms with Crippen LogP contribution in [0.15, 0.2) is 59.6 Å². The van der Waals surface area contributed by atoms with Crippen molar-refractivity contribution in [3.05, 3.63) is 65.7 Å². The first-order valence-corrected chi connectivity index (χ1v) is 9.40. The van der Waals surface area contributed by atoms with Crippen LogP contribution in [0.4, 0.5) is 0 Å². The lowest BCUT2D eigenvalue weighted by atomic mass is 10.2. The highest BCUT2D eigenvalue weighted by molar-refractivity contribution is 7.73. The van der Waals surface area contributed by atoms with E-state index in [1.54, 1.807) is 38.1 Å². The maximum absolute atomic E-state index is 13.2. The van der Waals surface area contributed by atoms with E-state index in [4.69, 9.17) is 9.05 Å². The standard InChI is InChI=1S/C18H22NO4P/c1-3-22-24(21,23-4-2)18(16-8-6-5-7-9-16)19-14-15-10-12-17(20)13-11-15/h5-13,20H,3-4,14H2,1-2H3. The molecule has 0 fully saturated rings. The zero-order valence-corrected chi connectivity index (χ0v) is 14.8. The van der Waals surface area contributed by atoms with Gasteiger partial charge in [0.05, 0.1) is 19.8 Å². The van der Waals surface area contributed by atoms with Crippen molar-refractivity contribution in [3.63, 3.8) is 0 Å². The second kappa shape index (κ2) is 8.78. The highest BCUT2D eigenvalue weighted by atomic mass is 31.2. The van der Waals surface area contributed by atoms with Gasteiger partial charge in [-0.25, -0.2) is 0 Å². The summed E-state index contributed by atoms with van der Waals surface area (Å²) in [4.78, 5) is 4.53. The highest BCUT2D eigenvalue weighted by Crippen LogP contribution is 2.51. The fourth-order valence-corrected chi connectivity index (χ4v) is 3.90. The van der Waals surface area contributed by atoms with Gasteiger partial charge < -0.3 is 14.2 Å². The molecule has 128 valence electrons. The number of aromatic hydroxyl groups is 1. The number of phenols is 1. The molecular formula is C18H22NO4P. The number of rotatable bonds is 8. The molecule has 0 aliphatic carbocycles. The summed E-state index contributed by atoms with van der Waals surface area (Å²) in [5.74, 6) is 0.195. The van der Waals surface area contributed by atoms with Gasteiger partial charge in [-0.3, -0.25) is 9.56 Å². The summed E-state index contributed by atoms with van der Waals surface area (Å²) in [5.41, 5.74) is 1.92. The van der Waals surface area contributed by atoms with Crippen LogP contribution in [0.25, 0.3) is 0 Å². The molecule has 0 aliphatic rings. The van der Waals surface area contributed by atoms with Crippen LogP contribution in [-0.4, -0.2) is 23.8 Å². The first-order chi connectivity index (χ1) is 11.6. The van der Waals surface area contributed by atoms with Gasteiger partial charge in [0.15, 0.2) is 5.45 Å². The molecule has 0 saturated heterocycles. The molecule has 0 aliphatic heterocycles. The molecule has 0 aromatic heterocycles.